The van der Waals surface area contributed by atoms with E-state index in [1.165, 1.54) is 11.1 Å². The molecule has 7 nitrogen and oxygen atoms in total. The monoisotopic (exact) mass is 464 g/mol. The Hall–Kier alpha value is -2.74. The minimum absolute atomic E-state index is 0.215. The van der Waals surface area contributed by atoms with Crippen LogP contribution < -0.4 is 0 Å². The SMILES string of the molecule is Cc1c(C(C)CN2CCN(CC(O)c3ccc4c(c3C)COC4=O)CC2)ccc2c1COC2=O. The Morgan fingerprint density at radius 2 is 1.26 bits per heavy atom. The van der Waals surface area contributed by atoms with Gasteiger partial charge in [0, 0.05) is 50.4 Å². The van der Waals surface area contributed by atoms with Gasteiger partial charge in [-0.05, 0) is 54.2 Å². The van der Waals surface area contributed by atoms with Gasteiger partial charge >= 0.3 is 11.9 Å². The van der Waals surface area contributed by atoms with Crippen molar-refractivity contribution in [2.45, 2.75) is 46.0 Å². The molecule has 0 aliphatic carbocycles. The van der Waals surface area contributed by atoms with Crippen molar-refractivity contribution in [3.8, 4) is 0 Å². The average molecular weight is 465 g/mol. The number of hydrogen-bond donors (Lipinski definition) is 1. The molecule has 0 spiro atoms. The summed E-state index contributed by atoms with van der Waals surface area (Å²) in [5.74, 6) is -0.133. The lowest BCUT2D eigenvalue weighted by molar-refractivity contribution is 0.0525. The van der Waals surface area contributed by atoms with Gasteiger partial charge in [-0.1, -0.05) is 19.1 Å². The van der Waals surface area contributed by atoms with Gasteiger partial charge in [0.15, 0.2) is 0 Å². The molecule has 2 atom stereocenters. The lowest BCUT2D eigenvalue weighted by atomic mass is 9.90. The van der Waals surface area contributed by atoms with Gasteiger partial charge in [0.05, 0.1) is 17.2 Å². The fraction of sp³-hybridized carbons (Fsp3) is 0.481. The van der Waals surface area contributed by atoms with Gasteiger partial charge in [0.2, 0.25) is 0 Å². The zero-order valence-corrected chi connectivity index (χ0v) is 20.1. The Bertz CT molecular complexity index is 1050. The largest absolute Gasteiger partial charge is 0.457 e. The lowest BCUT2D eigenvalue weighted by Crippen LogP contribution is -2.48. The molecule has 0 radical (unpaired) electrons. The number of cyclic esters (lactones) is 2. The molecule has 1 saturated heterocycles. The van der Waals surface area contributed by atoms with Crippen LogP contribution in [0.2, 0.25) is 0 Å². The molecule has 3 aliphatic rings. The first-order valence-electron chi connectivity index (χ1n) is 12.0. The molecule has 3 heterocycles. The quantitative estimate of drug-likeness (QED) is 0.658. The van der Waals surface area contributed by atoms with Crippen molar-refractivity contribution < 1.29 is 24.2 Å². The number of esters is 2. The highest BCUT2D eigenvalue weighted by Gasteiger charge is 2.28. The zero-order chi connectivity index (χ0) is 24.0. The number of carbonyl (C=O) groups is 2. The molecule has 0 saturated carbocycles. The maximum Gasteiger partial charge on any atom is 0.338 e. The van der Waals surface area contributed by atoms with Crippen LogP contribution in [0, 0.1) is 13.8 Å². The standard InChI is InChI=1S/C27H32N2O5/c1-16(19-4-6-21-23(17(19)2)14-33-26(21)31)12-28-8-10-29(11-9-28)13-25(30)20-5-7-22-24(18(20)3)15-34-27(22)32/h4-7,16,25,30H,8-15H2,1-3H3. The van der Waals surface area contributed by atoms with E-state index >= 15 is 0 Å². The summed E-state index contributed by atoms with van der Waals surface area (Å²) in [6.07, 6.45) is -0.592. The minimum Gasteiger partial charge on any atom is -0.457 e. The zero-order valence-electron chi connectivity index (χ0n) is 20.1. The fourth-order valence-corrected chi connectivity index (χ4v) is 5.61. The molecule has 34 heavy (non-hydrogen) atoms. The smallest absolute Gasteiger partial charge is 0.338 e. The van der Waals surface area contributed by atoms with E-state index in [0.29, 0.717) is 36.8 Å². The Morgan fingerprint density at radius 3 is 1.82 bits per heavy atom. The number of fused-ring (bicyclic) bond motifs is 2. The van der Waals surface area contributed by atoms with E-state index in [1.54, 1.807) is 6.07 Å². The second-order valence-corrected chi connectivity index (χ2v) is 9.78. The Labute approximate surface area is 200 Å². The van der Waals surface area contributed by atoms with Crippen LogP contribution in [0.25, 0.3) is 0 Å². The van der Waals surface area contributed by atoms with Crippen LogP contribution >= 0.6 is 0 Å². The Kier molecular flexibility index (Phi) is 6.18. The summed E-state index contributed by atoms with van der Waals surface area (Å²) in [6.45, 7) is 12.2. The van der Waals surface area contributed by atoms with Gasteiger partial charge in [0.25, 0.3) is 0 Å². The highest BCUT2D eigenvalue weighted by molar-refractivity contribution is 5.94. The Morgan fingerprint density at radius 1 is 0.794 bits per heavy atom. The lowest BCUT2D eigenvalue weighted by Gasteiger charge is -2.37. The molecule has 2 unspecified atom stereocenters. The molecular weight excluding hydrogens is 432 g/mol. The van der Waals surface area contributed by atoms with E-state index in [2.05, 4.69) is 29.7 Å². The van der Waals surface area contributed by atoms with Gasteiger partial charge in [0.1, 0.15) is 13.2 Å². The van der Waals surface area contributed by atoms with Crippen LogP contribution in [-0.2, 0) is 22.7 Å². The van der Waals surface area contributed by atoms with E-state index in [1.807, 2.05) is 19.1 Å². The van der Waals surface area contributed by atoms with Gasteiger partial charge in [-0.2, -0.15) is 0 Å². The molecule has 5 rings (SSSR count). The van der Waals surface area contributed by atoms with Crippen molar-refractivity contribution in [1.29, 1.82) is 0 Å². The predicted molar refractivity (Wildman–Crippen MR) is 127 cm³/mol. The van der Waals surface area contributed by atoms with Crippen molar-refractivity contribution in [2.24, 2.45) is 0 Å². The van der Waals surface area contributed by atoms with E-state index in [-0.39, 0.29) is 11.9 Å². The molecule has 180 valence electrons. The average Bonchev–Trinajstić information content (AvgIpc) is 3.39. The van der Waals surface area contributed by atoms with Gasteiger partial charge in [-0.25, -0.2) is 9.59 Å². The van der Waals surface area contributed by atoms with Crippen LogP contribution in [-0.4, -0.2) is 66.1 Å². The predicted octanol–water partition coefficient (Wildman–Crippen LogP) is 3.10. The van der Waals surface area contributed by atoms with E-state index < -0.39 is 6.10 Å². The van der Waals surface area contributed by atoms with Crippen molar-refractivity contribution in [3.05, 3.63) is 68.8 Å². The summed E-state index contributed by atoms with van der Waals surface area (Å²) in [5.41, 5.74) is 7.55. The number of nitrogens with zero attached hydrogens (tertiary/aromatic N) is 2. The minimum atomic E-state index is -0.592. The topological polar surface area (TPSA) is 79.3 Å². The van der Waals surface area contributed by atoms with Crippen LogP contribution in [0.5, 0.6) is 0 Å². The summed E-state index contributed by atoms with van der Waals surface area (Å²) in [4.78, 5) is 28.4. The second kappa shape index (κ2) is 9.13. The number of aliphatic hydroxyl groups excluding tert-OH is 1. The van der Waals surface area contributed by atoms with Gasteiger partial charge in [-0.15, -0.1) is 0 Å². The summed E-state index contributed by atoms with van der Waals surface area (Å²) >= 11 is 0. The molecule has 2 aromatic carbocycles. The van der Waals surface area contributed by atoms with Crippen LogP contribution in [0.3, 0.4) is 0 Å². The molecule has 1 N–H and O–H groups in total. The maximum atomic E-state index is 11.8. The van der Waals surface area contributed by atoms with E-state index in [4.69, 9.17) is 9.47 Å². The first kappa shape index (κ1) is 23.0. The van der Waals surface area contributed by atoms with Gasteiger partial charge < -0.3 is 19.5 Å². The first-order chi connectivity index (χ1) is 16.3. The third-order valence-corrected chi connectivity index (χ3v) is 7.73. The molecule has 7 heteroatoms. The van der Waals surface area contributed by atoms with E-state index in [9.17, 15) is 14.7 Å². The van der Waals surface area contributed by atoms with Crippen LogP contribution in [0.1, 0.15) is 73.0 Å². The van der Waals surface area contributed by atoms with E-state index in [0.717, 1.165) is 55.0 Å². The van der Waals surface area contributed by atoms with Crippen LogP contribution in [0.4, 0.5) is 0 Å². The summed E-state index contributed by atoms with van der Waals surface area (Å²) in [7, 11) is 0. The molecule has 0 bridgehead atoms. The number of carbonyl (C=O) groups excluding carboxylic acids is 2. The number of piperazine rings is 1. The number of aliphatic hydroxyl groups is 1. The second-order valence-electron chi connectivity index (χ2n) is 9.78. The molecule has 2 aromatic rings. The molecule has 0 amide bonds. The fourth-order valence-electron chi connectivity index (χ4n) is 5.61. The Balaban J connectivity index is 1.16. The summed E-state index contributed by atoms with van der Waals surface area (Å²) in [6, 6.07) is 7.63. The van der Waals surface area contributed by atoms with Crippen molar-refractivity contribution >= 4 is 11.9 Å². The molecule has 1 fully saturated rings. The number of benzene rings is 2. The van der Waals surface area contributed by atoms with Crippen molar-refractivity contribution in [3.63, 3.8) is 0 Å². The third-order valence-electron chi connectivity index (χ3n) is 7.73. The highest BCUT2D eigenvalue weighted by atomic mass is 16.5. The number of ether oxygens (including phenoxy) is 2. The molecular formula is C27H32N2O5. The van der Waals surface area contributed by atoms with Gasteiger partial charge in [-0.3, -0.25) is 4.90 Å². The third kappa shape index (κ3) is 4.13. The first-order valence-corrected chi connectivity index (χ1v) is 12.0. The van der Waals surface area contributed by atoms with Crippen molar-refractivity contribution in [1.82, 2.24) is 9.80 Å². The number of rotatable bonds is 6. The number of hydrogen-bond acceptors (Lipinski definition) is 7. The van der Waals surface area contributed by atoms with Crippen LogP contribution in [0.15, 0.2) is 24.3 Å². The summed E-state index contributed by atoms with van der Waals surface area (Å²) < 4.78 is 10.3. The highest BCUT2D eigenvalue weighted by Crippen LogP contribution is 2.31. The maximum absolute atomic E-state index is 11.8. The number of β-amino-alcohol motifs (C(OH)–C–C–N with tert-alkyl or cyclic N) is 1. The normalized spacial score (nSPS) is 20.0. The molecule has 3 aliphatic heterocycles. The molecule has 0 aromatic heterocycles. The summed E-state index contributed by atoms with van der Waals surface area (Å²) in [5, 5.41) is 10.9. The van der Waals surface area contributed by atoms with Crippen molar-refractivity contribution in [2.75, 3.05) is 39.3 Å².